The summed E-state index contributed by atoms with van der Waals surface area (Å²) in [5, 5.41) is 0. The maximum atomic E-state index is 4.55. The van der Waals surface area contributed by atoms with Crippen molar-refractivity contribution in [2.24, 2.45) is 0 Å². The number of pyridine rings is 2. The summed E-state index contributed by atoms with van der Waals surface area (Å²) in [4.78, 5) is 9.06. The molecule has 6 heteroatoms. The molecule has 0 N–H and O–H groups in total. The Labute approximate surface area is 325 Å². The molecule has 2 radical (unpaired) electrons. The molecular weight excluding hydrogens is 969 g/mol. The van der Waals surface area contributed by atoms with Gasteiger partial charge in [-0.3, -0.25) is 4.98 Å². The van der Waals surface area contributed by atoms with Crippen LogP contribution in [0.15, 0.2) is 164 Å². The molecule has 0 atom stereocenters. The van der Waals surface area contributed by atoms with Crippen molar-refractivity contribution in [1.29, 1.82) is 0 Å². The first-order chi connectivity index (χ1) is 23.9. The van der Waals surface area contributed by atoms with E-state index in [4.69, 9.17) is 0 Å². The van der Waals surface area contributed by atoms with Gasteiger partial charge in [0.05, 0.1) is 5.69 Å². The van der Waals surface area contributed by atoms with Crippen LogP contribution in [0.3, 0.4) is 0 Å². The third kappa shape index (κ3) is 14.1. The Bertz CT molecular complexity index is 1650. The minimum absolute atomic E-state index is 0. The van der Waals surface area contributed by atoms with E-state index < -0.39 is 0 Å². The average molecular weight is 1020 g/mol. The second kappa shape index (κ2) is 24.3. The number of benzene rings is 2. The zero-order valence-corrected chi connectivity index (χ0v) is 33.4. The van der Waals surface area contributed by atoms with E-state index in [9.17, 15) is 0 Å². The molecule has 6 aromatic rings. The summed E-state index contributed by atoms with van der Waals surface area (Å²) in [5.41, 5.74) is 6.10. The van der Waals surface area contributed by atoms with Crippen LogP contribution in [0.25, 0.3) is 33.8 Å². The molecule has 50 heavy (non-hydrogen) atoms. The van der Waals surface area contributed by atoms with Crippen molar-refractivity contribution < 1.29 is 40.2 Å². The molecule has 8 rings (SSSR count). The summed E-state index contributed by atoms with van der Waals surface area (Å²) in [6.07, 6.45) is 39.1. The fourth-order valence-electron chi connectivity index (χ4n) is 5.33. The number of imidazole rings is 2. The van der Waals surface area contributed by atoms with E-state index in [0.29, 0.717) is 0 Å². The number of hydrogen-bond donors (Lipinski definition) is 0. The van der Waals surface area contributed by atoms with Gasteiger partial charge in [0.1, 0.15) is 11.3 Å². The van der Waals surface area contributed by atoms with Gasteiger partial charge in [0.2, 0.25) is 0 Å². The van der Waals surface area contributed by atoms with E-state index in [1.165, 1.54) is 64.2 Å². The van der Waals surface area contributed by atoms with Gasteiger partial charge in [-0.05, 0) is 94.7 Å². The van der Waals surface area contributed by atoms with Gasteiger partial charge in [-0.25, -0.2) is 4.98 Å². The van der Waals surface area contributed by atoms with E-state index >= 15 is 0 Å². The Morgan fingerprint density at radius 2 is 0.880 bits per heavy atom. The van der Waals surface area contributed by atoms with Crippen molar-refractivity contribution in [1.82, 2.24) is 18.8 Å². The molecule has 4 aromatic heterocycles. The number of hydrogen-bond acceptors (Lipinski definition) is 2. The summed E-state index contributed by atoms with van der Waals surface area (Å²) in [7, 11) is 0. The summed E-state index contributed by atoms with van der Waals surface area (Å²) in [6.45, 7) is 0. The van der Waals surface area contributed by atoms with Crippen LogP contribution in [0.4, 0.5) is 0 Å². The third-order valence-electron chi connectivity index (χ3n) is 7.93. The quantitative estimate of drug-likeness (QED) is 0.128. The predicted octanol–water partition coefficient (Wildman–Crippen LogP) is 11.9. The van der Waals surface area contributed by atoms with Gasteiger partial charge in [0.25, 0.3) is 0 Å². The van der Waals surface area contributed by atoms with Gasteiger partial charge in [0.15, 0.2) is 0 Å². The second-order valence-corrected chi connectivity index (χ2v) is 11.7. The van der Waals surface area contributed by atoms with Crippen LogP contribution in [0.2, 0.25) is 0 Å². The molecule has 262 valence electrons. The first-order valence-corrected chi connectivity index (χ1v) is 17.4. The molecule has 0 aliphatic heterocycles. The van der Waals surface area contributed by atoms with Gasteiger partial charge in [-0.2, -0.15) is 0 Å². The Morgan fingerprint density at radius 1 is 0.440 bits per heavy atom. The van der Waals surface area contributed by atoms with Crippen molar-refractivity contribution in [2.75, 3.05) is 0 Å². The van der Waals surface area contributed by atoms with E-state index in [2.05, 4.69) is 76.8 Å². The normalized spacial score (nSPS) is 15.0. The molecule has 4 heterocycles. The SMILES string of the molecule is C1=CCCC/C=C\CC1.C1=CCCC/C=C\CC1.[Ir].[Ir].[c-]1ccccc1-c1cn2ccccc2n1.c1ccc(-c2cn3ccccc3n2)cc1. The maximum Gasteiger partial charge on any atom is 0.137 e. The number of nitrogens with zero attached hydrogens (tertiary/aromatic N) is 4. The molecular formula is C44H47Ir2N4-. The van der Waals surface area contributed by atoms with Gasteiger partial charge in [0, 0.05) is 70.1 Å². The number of rotatable bonds is 2. The number of aromatic nitrogens is 4. The van der Waals surface area contributed by atoms with Gasteiger partial charge >= 0.3 is 0 Å². The van der Waals surface area contributed by atoms with Gasteiger partial charge in [-0.15, -0.1) is 35.9 Å². The fourth-order valence-corrected chi connectivity index (χ4v) is 5.33. The van der Waals surface area contributed by atoms with Crippen molar-refractivity contribution in [2.45, 2.75) is 64.2 Å². The first kappa shape index (κ1) is 40.5. The molecule has 0 saturated carbocycles. The molecule has 0 amide bonds. The molecule has 0 unspecified atom stereocenters. The van der Waals surface area contributed by atoms with E-state index in [1.54, 1.807) is 0 Å². The third-order valence-corrected chi connectivity index (χ3v) is 7.93. The molecule has 2 aliphatic carbocycles. The minimum Gasteiger partial charge on any atom is -0.316 e. The first-order valence-electron chi connectivity index (χ1n) is 17.4. The largest absolute Gasteiger partial charge is 0.316 e. The fraction of sp³-hybridized carbons (Fsp3) is 0.227. The molecule has 0 spiro atoms. The molecule has 0 saturated heterocycles. The summed E-state index contributed by atoms with van der Waals surface area (Å²) < 4.78 is 4.04. The van der Waals surface area contributed by atoms with Crippen LogP contribution in [0, 0.1) is 6.07 Å². The van der Waals surface area contributed by atoms with E-state index in [-0.39, 0.29) is 40.2 Å². The smallest absolute Gasteiger partial charge is 0.137 e. The van der Waals surface area contributed by atoms with E-state index in [0.717, 1.165) is 33.8 Å². The monoisotopic (exact) mass is 1020 g/mol. The van der Waals surface area contributed by atoms with Crippen LogP contribution in [0.1, 0.15) is 64.2 Å². The van der Waals surface area contributed by atoms with Crippen molar-refractivity contribution in [3.05, 3.63) is 170 Å². The molecule has 0 fully saturated rings. The van der Waals surface area contributed by atoms with Gasteiger partial charge in [-0.1, -0.05) is 91.1 Å². The van der Waals surface area contributed by atoms with Crippen molar-refractivity contribution >= 4 is 11.3 Å². The number of fused-ring (bicyclic) bond motifs is 2. The second-order valence-electron chi connectivity index (χ2n) is 11.7. The van der Waals surface area contributed by atoms with Gasteiger partial charge < -0.3 is 8.80 Å². The predicted molar refractivity (Wildman–Crippen MR) is 203 cm³/mol. The topological polar surface area (TPSA) is 34.6 Å². The maximum absolute atomic E-state index is 4.55. The van der Waals surface area contributed by atoms with Crippen LogP contribution < -0.4 is 0 Å². The minimum atomic E-state index is 0. The zero-order chi connectivity index (χ0) is 32.9. The van der Waals surface area contributed by atoms with Crippen LogP contribution in [-0.2, 0) is 40.2 Å². The number of allylic oxidation sites excluding steroid dienone is 8. The summed E-state index contributed by atoms with van der Waals surface area (Å²) in [5.74, 6) is 0. The summed E-state index contributed by atoms with van der Waals surface area (Å²) in [6, 6.07) is 33.2. The standard InChI is InChI=1S/C13H10N2.C13H9N2.2C9H14.2Ir/c2*1-2-6-11(7-3-1)12-10-15-9-5-4-8-13(15)14-12;2*1-2-4-6-8-9-7-5-3-1;;/h1-10H;1-6,8-10H;2*1-2,7,9H,3-6,8H2;;/q;-1;;;;/b;;2*2-1-,9-7?;;. The zero-order valence-electron chi connectivity index (χ0n) is 28.6. The van der Waals surface area contributed by atoms with Crippen LogP contribution in [0.5, 0.6) is 0 Å². The Morgan fingerprint density at radius 3 is 1.36 bits per heavy atom. The molecule has 4 nitrogen and oxygen atoms in total. The van der Waals surface area contributed by atoms with Crippen molar-refractivity contribution in [3.63, 3.8) is 0 Å². The molecule has 2 aliphatic rings. The van der Waals surface area contributed by atoms with Crippen LogP contribution >= 0.6 is 0 Å². The Kier molecular flexibility index (Phi) is 19.7. The molecule has 0 bridgehead atoms. The van der Waals surface area contributed by atoms with Crippen molar-refractivity contribution in [3.8, 4) is 22.5 Å². The molecule has 2 aromatic carbocycles. The Hall–Kier alpha value is -3.92. The Balaban J connectivity index is 0.000000183. The van der Waals surface area contributed by atoms with Crippen LogP contribution in [-0.4, -0.2) is 18.8 Å². The summed E-state index contributed by atoms with van der Waals surface area (Å²) >= 11 is 0. The van der Waals surface area contributed by atoms with E-state index in [1.807, 2.05) is 112 Å². The average Bonchev–Trinajstić information content (AvgIpc) is 3.84.